The first-order chi connectivity index (χ1) is 8.02. The average molecular weight is 236 g/mol. The highest BCUT2D eigenvalue weighted by Gasteiger charge is 2.33. The van der Waals surface area contributed by atoms with Crippen LogP contribution in [0.3, 0.4) is 0 Å². The molecule has 2 amide bonds. The summed E-state index contributed by atoms with van der Waals surface area (Å²) < 4.78 is 0. The first-order valence-electron chi connectivity index (χ1n) is 5.08. The zero-order valence-corrected chi connectivity index (χ0v) is 9.56. The van der Waals surface area contributed by atoms with Crippen LogP contribution < -0.4 is 11.5 Å². The van der Waals surface area contributed by atoms with Crippen LogP contribution in [-0.4, -0.2) is 41.4 Å². The van der Waals surface area contributed by atoms with Gasteiger partial charge in [0.05, 0.1) is 6.67 Å². The van der Waals surface area contributed by atoms with E-state index in [1.165, 1.54) is 0 Å². The van der Waals surface area contributed by atoms with Gasteiger partial charge in [0.15, 0.2) is 0 Å². The minimum absolute atomic E-state index is 0.138. The number of carbonyl (C=O) groups excluding carboxylic acids is 2. The molecular weight excluding hydrogens is 220 g/mol. The summed E-state index contributed by atoms with van der Waals surface area (Å²) in [6.07, 6.45) is 3.25. The standard InChI is InChI=1S/C11H16N4O2/c1-3-5-14-7-15(6-4-2)9(11(13)17)8(14)10(12)16/h3-4H,1-2,5-7H2,(H2,12,16)(H2,13,17). The molecule has 0 atom stereocenters. The summed E-state index contributed by atoms with van der Waals surface area (Å²) in [7, 11) is 0. The Kier molecular flexibility index (Phi) is 3.92. The van der Waals surface area contributed by atoms with Gasteiger partial charge in [-0.3, -0.25) is 9.59 Å². The largest absolute Gasteiger partial charge is 0.364 e. The predicted molar refractivity (Wildman–Crippen MR) is 64.1 cm³/mol. The lowest BCUT2D eigenvalue weighted by atomic mass is 10.2. The molecule has 0 spiro atoms. The average Bonchev–Trinajstić information content (AvgIpc) is 2.58. The number of amides is 2. The van der Waals surface area contributed by atoms with Crippen LogP contribution in [0.15, 0.2) is 36.7 Å². The summed E-state index contributed by atoms with van der Waals surface area (Å²) in [5.41, 5.74) is 10.8. The minimum atomic E-state index is -0.674. The van der Waals surface area contributed by atoms with E-state index in [9.17, 15) is 9.59 Å². The molecule has 0 aromatic rings. The Bertz CT molecular complexity index is 364. The normalized spacial score (nSPS) is 15.1. The maximum Gasteiger partial charge on any atom is 0.267 e. The molecule has 0 aromatic heterocycles. The van der Waals surface area contributed by atoms with Crippen molar-refractivity contribution in [1.82, 2.24) is 9.80 Å². The quantitative estimate of drug-likeness (QED) is 0.585. The Morgan fingerprint density at radius 2 is 1.41 bits per heavy atom. The highest BCUT2D eigenvalue weighted by molar-refractivity contribution is 6.03. The van der Waals surface area contributed by atoms with Gasteiger partial charge in [-0.05, 0) is 0 Å². The third-order valence-electron chi connectivity index (χ3n) is 2.36. The molecule has 0 radical (unpaired) electrons. The number of carbonyl (C=O) groups is 2. The van der Waals surface area contributed by atoms with Crippen molar-refractivity contribution in [3.05, 3.63) is 36.7 Å². The molecular formula is C11H16N4O2. The van der Waals surface area contributed by atoms with E-state index in [1.807, 2.05) is 0 Å². The third-order valence-corrected chi connectivity index (χ3v) is 2.36. The van der Waals surface area contributed by atoms with Gasteiger partial charge < -0.3 is 21.3 Å². The Morgan fingerprint density at radius 3 is 1.65 bits per heavy atom. The zero-order chi connectivity index (χ0) is 13.0. The van der Waals surface area contributed by atoms with Crippen molar-refractivity contribution in [3.8, 4) is 0 Å². The highest BCUT2D eigenvalue weighted by Crippen LogP contribution is 2.23. The summed E-state index contributed by atoms with van der Waals surface area (Å²) in [4.78, 5) is 26.1. The zero-order valence-electron chi connectivity index (χ0n) is 9.56. The molecule has 0 bridgehead atoms. The number of hydrogen-bond donors (Lipinski definition) is 2. The molecule has 6 heteroatoms. The first-order valence-corrected chi connectivity index (χ1v) is 5.08. The highest BCUT2D eigenvalue weighted by atomic mass is 16.2. The fourth-order valence-electron chi connectivity index (χ4n) is 1.80. The summed E-state index contributed by atoms with van der Waals surface area (Å²) in [6, 6.07) is 0. The van der Waals surface area contributed by atoms with E-state index < -0.39 is 11.8 Å². The van der Waals surface area contributed by atoms with Gasteiger partial charge in [0.25, 0.3) is 11.8 Å². The molecule has 1 rings (SSSR count). The molecule has 6 nitrogen and oxygen atoms in total. The molecule has 92 valence electrons. The fourth-order valence-corrected chi connectivity index (χ4v) is 1.80. The summed E-state index contributed by atoms with van der Waals surface area (Å²) in [5, 5.41) is 0. The third kappa shape index (κ3) is 2.47. The van der Waals surface area contributed by atoms with Crippen LogP contribution in [0.5, 0.6) is 0 Å². The number of primary amides is 2. The smallest absolute Gasteiger partial charge is 0.267 e. The lowest BCUT2D eigenvalue weighted by Crippen LogP contribution is -2.31. The van der Waals surface area contributed by atoms with Crippen LogP contribution in [0.2, 0.25) is 0 Å². The fraction of sp³-hybridized carbons (Fsp3) is 0.273. The molecule has 1 aliphatic rings. The van der Waals surface area contributed by atoms with Gasteiger partial charge in [0.1, 0.15) is 11.4 Å². The Morgan fingerprint density at radius 1 is 1.06 bits per heavy atom. The van der Waals surface area contributed by atoms with E-state index in [2.05, 4.69) is 13.2 Å². The van der Waals surface area contributed by atoms with Gasteiger partial charge >= 0.3 is 0 Å². The van der Waals surface area contributed by atoms with Crippen molar-refractivity contribution in [2.45, 2.75) is 0 Å². The van der Waals surface area contributed by atoms with E-state index in [0.29, 0.717) is 19.8 Å². The number of hydrogen-bond acceptors (Lipinski definition) is 4. The number of nitrogens with zero attached hydrogens (tertiary/aromatic N) is 2. The maximum absolute atomic E-state index is 11.4. The summed E-state index contributed by atoms with van der Waals surface area (Å²) >= 11 is 0. The Hall–Kier alpha value is -2.24. The molecule has 0 aliphatic carbocycles. The molecule has 0 fully saturated rings. The number of nitrogens with two attached hydrogens (primary N) is 2. The van der Waals surface area contributed by atoms with Crippen LogP contribution in [0.25, 0.3) is 0 Å². The lowest BCUT2D eigenvalue weighted by Gasteiger charge is -2.20. The topological polar surface area (TPSA) is 92.7 Å². The Balaban J connectivity index is 3.18. The minimum Gasteiger partial charge on any atom is -0.364 e. The number of rotatable bonds is 6. The van der Waals surface area contributed by atoms with E-state index in [0.717, 1.165) is 0 Å². The monoisotopic (exact) mass is 236 g/mol. The molecule has 1 heterocycles. The summed E-state index contributed by atoms with van der Waals surface area (Å²) in [6.45, 7) is 8.38. The van der Waals surface area contributed by atoms with Crippen molar-refractivity contribution < 1.29 is 9.59 Å². The Labute approximate surface area is 99.8 Å². The molecule has 1 aliphatic heterocycles. The van der Waals surface area contributed by atoms with Crippen LogP contribution >= 0.6 is 0 Å². The van der Waals surface area contributed by atoms with Crippen LogP contribution in [0.1, 0.15) is 0 Å². The molecule has 17 heavy (non-hydrogen) atoms. The van der Waals surface area contributed by atoms with E-state index in [4.69, 9.17) is 11.5 Å². The van der Waals surface area contributed by atoms with E-state index >= 15 is 0 Å². The second-order valence-corrected chi connectivity index (χ2v) is 3.59. The SMILES string of the molecule is C=CCN1CN(CC=C)C(C(N)=O)=C1C(N)=O. The van der Waals surface area contributed by atoms with Gasteiger partial charge in [-0.1, -0.05) is 12.2 Å². The van der Waals surface area contributed by atoms with Crippen molar-refractivity contribution in [2.75, 3.05) is 19.8 Å². The van der Waals surface area contributed by atoms with Gasteiger partial charge in [-0.25, -0.2) is 0 Å². The molecule has 0 saturated heterocycles. The van der Waals surface area contributed by atoms with E-state index in [-0.39, 0.29) is 11.4 Å². The second-order valence-electron chi connectivity index (χ2n) is 3.59. The van der Waals surface area contributed by atoms with Crippen molar-refractivity contribution in [1.29, 1.82) is 0 Å². The molecule has 0 aromatic carbocycles. The van der Waals surface area contributed by atoms with Crippen LogP contribution in [0, 0.1) is 0 Å². The van der Waals surface area contributed by atoms with Crippen molar-refractivity contribution >= 4 is 11.8 Å². The first kappa shape index (κ1) is 12.8. The second kappa shape index (κ2) is 5.20. The van der Waals surface area contributed by atoms with Crippen LogP contribution in [0.4, 0.5) is 0 Å². The molecule has 4 N–H and O–H groups in total. The maximum atomic E-state index is 11.4. The van der Waals surface area contributed by atoms with Gasteiger partial charge in [0, 0.05) is 13.1 Å². The molecule has 0 saturated carbocycles. The summed E-state index contributed by atoms with van der Waals surface area (Å²) in [5.74, 6) is -1.35. The van der Waals surface area contributed by atoms with Crippen LogP contribution in [-0.2, 0) is 9.59 Å². The van der Waals surface area contributed by atoms with Crippen molar-refractivity contribution in [2.24, 2.45) is 11.5 Å². The van der Waals surface area contributed by atoms with E-state index in [1.54, 1.807) is 22.0 Å². The van der Waals surface area contributed by atoms with Gasteiger partial charge in [-0.2, -0.15) is 0 Å². The van der Waals surface area contributed by atoms with Crippen molar-refractivity contribution in [3.63, 3.8) is 0 Å². The van der Waals surface area contributed by atoms with Gasteiger partial charge in [0.2, 0.25) is 0 Å². The van der Waals surface area contributed by atoms with Gasteiger partial charge in [-0.15, -0.1) is 13.2 Å². The predicted octanol–water partition coefficient (Wildman–Crippen LogP) is -0.884. The lowest BCUT2D eigenvalue weighted by molar-refractivity contribution is -0.118. The molecule has 0 unspecified atom stereocenters.